The quantitative estimate of drug-likeness (QED) is 0.389. The Bertz CT molecular complexity index is 221. The van der Waals surface area contributed by atoms with Crippen molar-refractivity contribution in [3.63, 3.8) is 0 Å². The molecule has 1 saturated heterocycles. The minimum absolute atomic E-state index is 0.00307. The molecule has 6 nitrogen and oxygen atoms in total. The SMILES string of the molecule is C=CCOC[C@@H](O)[C@@H]1O[C@H](OC)[C@H](O)[C@H]1O. The van der Waals surface area contributed by atoms with E-state index in [4.69, 9.17) is 14.2 Å². The standard InChI is InChI=1S/C10H18O6/c1-3-4-15-5-6(11)9-7(12)8(13)10(14-2)16-9/h3,6-13H,1,4-5H2,2H3/t6-,7-,8-,9+,10+/m1/s1. The Morgan fingerprint density at radius 3 is 2.62 bits per heavy atom. The Balaban J connectivity index is 2.44. The van der Waals surface area contributed by atoms with Crippen LogP contribution >= 0.6 is 0 Å². The van der Waals surface area contributed by atoms with Crippen molar-refractivity contribution in [3.8, 4) is 0 Å². The van der Waals surface area contributed by atoms with Gasteiger partial charge in [-0.15, -0.1) is 6.58 Å². The van der Waals surface area contributed by atoms with Crippen molar-refractivity contribution >= 4 is 0 Å². The summed E-state index contributed by atoms with van der Waals surface area (Å²) in [5.74, 6) is 0. The summed E-state index contributed by atoms with van der Waals surface area (Å²) in [6.07, 6.45) is -3.66. The van der Waals surface area contributed by atoms with Crippen molar-refractivity contribution < 1.29 is 29.5 Å². The third-order valence-corrected chi connectivity index (χ3v) is 2.39. The van der Waals surface area contributed by atoms with Crippen LogP contribution in [0, 0.1) is 0 Å². The average molecular weight is 234 g/mol. The molecule has 1 rings (SSSR count). The van der Waals surface area contributed by atoms with Crippen molar-refractivity contribution in [1.29, 1.82) is 0 Å². The molecule has 0 radical (unpaired) electrons. The molecule has 1 fully saturated rings. The van der Waals surface area contributed by atoms with E-state index in [1.54, 1.807) is 6.08 Å². The highest BCUT2D eigenvalue weighted by atomic mass is 16.7. The predicted molar refractivity (Wildman–Crippen MR) is 54.7 cm³/mol. The Morgan fingerprint density at radius 1 is 1.44 bits per heavy atom. The van der Waals surface area contributed by atoms with Crippen LogP contribution in [0.25, 0.3) is 0 Å². The Labute approximate surface area is 94.1 Å². The predicted octanol–water partition coefficient (Wildman–Crippen LogP) is -1.36. The van der Waals surface area contributed by atoms with Gasteiger partial charge in [-0.25, -0.2) is 0 Å². The van der Waals surface area contributed by atoms with E-state index >= 15 is 0 Å². The van der Waals surface area contributed by atoms with Crippen LogP contribution in [0.2, 0.25) is 0 Å². The summed E-state index contributed by atoms with van der Waals surface area (Å²) in [5.41, 5.74) is 0. The van der Waals surface area contributed by atoms with E-state index in [2.05, 4.69) is 6.58 Å². The van der Waals surface area contributed by atoms with Crippen molar-refractivity contribution in [1.82, 2.24) is 0 Å². The lowest BCUT2D eigenvalue weighted by molar-refractivity contribution is -0.168. The van der Waals surface area contributed by atoms with Crippen molar-refractivity contribution in [2.75, 3.05) is 20.3 Å². The fourth-order valence-corrected chi connectivity index (χ4v) is 1.55. The maximum Gasteiger partial charge on any atom is 0.186 e. The highest BCUT2D eigenvalue weighted by Gasteiger charge is 2.46. The normalized spacial score (nSPS) is 36.2. The first-order valence-electron chi connectivity index (χ1n) is 5.03. The van der Waals surface area contributed by atoms with Crippen LogP contribution in [0.15, 0.2) is 12.7 Å². The van der Waals surface area contributed by atoms with Gasteiger partial charge in [0.25, 0.3) is 0 Å². The van der Waals surface area contributed by atoms with Crippen LogP contribution in [0.5, 0.6) is 0 Å². The molecule has 0 bridgehead atoms. The average Bonchev–Trinajstić information content (AvgIpc) is 2.56. The molecule has 1 heterocycles. The van der Waals surface area contributed by atoms with Gasteiger partial charge >= 0.3 is 0 Å². The molecule has 0 saturated carbocycles. The molecule has 94 valence electrons. The van der Waals surface area contributed by atoms with Gasteiger partial charge in [-0.2, -0.15) is 0 Å². The van der Waals surface area contributed by atoms with Crippen LogP contribution < -0.4 is 0 Å². The van der Waals surface area contributed by atoms with Gasteiger partial charge in [-0.05, 0) is 0 Å². The fourth-order valence-electron chi connectivity index (χ4n) is 1.55. The zero-order valence-electron chi connectivity index (χ0n) is 9.15. The van der Waals surface area contributed by atoms with Crippen LogP contribution in [0.3, 0.4) is 0 Å². The van der Waals surface area contributed by atoms with Gasteiger partial charge in [0.1, 0.15) is 24.4 Å². The summed E-state index contributed by atoms with van der Waals surface area (Å²) in [5, 5.41) is 28.7. The van der Waals surface area contributed by atoms with E-state index in [0.717, 1.165) is 0 Å². The molecule has 0 aromatic rings. The number of hydrogen-bond acceptors (Lipinski definition) is 6. The molecule has 0 amide bonds. The molecule has 0 spiro atoms. The summed E-state index contributed by atoms with van der Waals surface area (Å²) in [6.45, 7) is 3.76. The summed E-state index contributed by atoms with van der Waals surface area (Å²) in [6, 6.07) is 0. The van der Waals surface area contributed by atoms with Crippen LogP contribution in [0.4, 0.5) is 0 Å². The molecule has 3 N–H and O–H groups in total. The van der Waals surface area contributed by atoms with E-state index in [0.29, 0.717) is 6.61 Å². The van der Waals surface area contributed by atoms with Gasteiger partial charge in [0.15, 0.2) is 6.29 Å². The van der Waals surface area contributed by atoms with Gasteiger partial charge in [-0.3, -0.25) is 0 Å². The highest BCUT2D eigenvalue weighted by molar-refractivity contribution is 4.90. The number of hydrogen-bond donors (Lipinski definition) is 3. The Kier molecular flexibility index (Phi) is 5.33. The molecule has 1 aliphatic heterocycles. The maximum absolute atomic E-state index is 9.67. The second kappa shape index (κ2) is 6.29. The minimum Gasteiger partial charge on any atom is -0.388 e. The topological polar surface area (TPSA) is 88.4 Å². The molecule has 1 aliphatic rings. The van der Waals surface area contributed by atoms with Gasteiger partial charge in [0, 0.05) is 7.11 Å². The number of aliphatic hydroxyl groups excluding tert-OH is 3. The largest absolute Gasteiger partial charge is 0.388 e. The number of aliphatic hydroxyl groups is 3. The lowest BCUT2D eigenvalue weighted by Gasteiger charge is -2.20. The lowest BCUT2D eigenvalue weighted by Crippen LogP contribution is -2.41. The van der Waals surface area contributed by atoms with Gasteiger partial charge in [0.2, 0.25) is 0 Å². The van der Waals surface area contributed by atoms with Crippen LogP contribution in [-0.4, -0.2) is 66.3 Å². The molecule has 0 aromatic heterocycles. The zero-order chi connectivity index (χ0) is 12.1. The zero-order valence-corrected chi connectivity index (χ0v) is 9.15. The summed E-state index contributed by atoms with van der Waals surface area (Å²) in [4.78, 5) is 0. The molecule has 0 aliphatic carbocycles. The first kappa shape index (κ1) is 13.6. The van der Waals surface area contributed by atoms with E-state index < -0.39 is 30.7 Å². The van der Waals surface area contributed by atoms with Crippen molar-refractivity contribution in [2.24, 2.45) is 0 Å². The first-order chi connectivity index (χ1) is 7.61. The van der Waals surface area contributed by atoms with Gasteiger partial charge in [-0.1, -0.05) is 6.08 Å². The molecular weight excluding hydrogens is 216 g/mol. The first-order valence-corrected chi connectivity index (χ1v) is 5.03. The summed E-state index contributed by atoms with van der Waals surface area (Å²) in [7, 11) is 1.35. The van der Waals surface area contributed by atoms with E-state index in [1.807, 2.05) is 0 Å². The van der Waals surface area contributed by atoms with Crippen molar-refractivity contribution in [2.45, 2.75) is 30.7 Å². The van der Waals surface area contributed by atoms with Crippen molar-refractivity contribution in [3.05, 3.63) is 12.7 Å². The molecule has 16 heavy (non-hydrogen) atoms. The molecule has 6 heteroatoms. The Morgan fingerprint density at radius 2 is 2.12 bits per heavy atom. The molecule has 5 atom stereocenters. The Hall–Kier alpha value is -0.500. The van der Waals surface area contributed by atoms with Gasteiger partial charge < -0.3 is 29.5 Å². The highest BCUT2D eigenvalue weighted by Crippen LogP contribution is 2.24. The second-order valence-corrected chi connectivity index (χ2v) is 3.58. The summed E-state index contributed by atoms with van der Waals surface area (Å²) < 4.78 is 15.0. The maximum atomic E-state index is 9.67. The molecule has 0 aromatic carbocycles. The molecular formula is C10H18O6. The van der Waals surface area contributed by atoms with E-state index in [1.165, 1.54) is 7.11 Å². The fraction of sp³-hybridized carbons (Fsp3) is 0.800. The van der Waals surface area contributed by atoms with Crippen LogP contribution in [-0.2, 0) is 14.2 Å². The lowest BCUT2D eigenvalue weighted by atomic mass is 10.1. The minimum atomic E-state index is -1.19. The van der Waals surface area contributed by atoms with E-state index in [9.17, 15) is 15.3 Å². The monoisotopic (exact) mass is 234 g/mol. The smallest absolute Gasteiger partial charge is 0.186 e. The third kappa shape index (κ3) is 3.00. The number of rotatable bonds is 6. The number of methoxy groups -OCH3 is 1. The van der Waals surface area contributed by atoms with E-state index in [-0.39, 0.29) is 6.61 Å². The summed E-state index contributed by atoms with van der Waals surface area (Å²) >= 11 is 0. The van der Waals surface area contributed by atoms with Gasteiger partial charge in [0.05, 0.1) is 13.2 Å². The third-order valence-electron chi connectivity index (χ3n) is 2.39. The molecule has 0 unspecified atom stereocenters. The second-order valence-electron chi connectivity index (χ2n) is 3.58. The number of ether oxygens (including phenoxy) is 3. The van der Waals surface area contributed by atoms with Crippen LogP contribution in [0.1, 0.15) is 0 Å².